The summed E-state index contributed by atoms with van der Waals surface area (Å²) >= 11 is 0. The number of aryl methyl sites for hydroxylation is 2. The van der Waals surface area contributed by atoms with Crippen LogP contribution >= 0.6 is 0 Å². The number of pyridine rings is 2. The fraction of sp³-hybridized carbons (Fsp3) is 0.423. The van der Waals surface area contributed by atoms with Crippen LogP contribution in [0.5, 0.6) is 0 Å². The van der Waals surface area contributed by atoms with E-state index >= 15 is 4.39 Å². The highest BCUT2D eigenvalue weighted by atomic mass is 19.1. The molecule has 1 atom stereocenters. The molecular weight excluding hydrogens is 477 g/mol. The highest BCUT2D eigenvalue weighted by molar-refractivity contribution is 6.04. The molecule has 5 aromatic rings. The van der Waals surface area contributed by atoms with Gasteiger partial charge >= 0.3 is 0 Å². The lowest BCUT2D eigenvalue weighted by atomic mass is 9.88. The number of hydrogen-bond donors (Lipinski definition) is 1. The van der Waals surface area contributed by atoms with Crippen LogP contribution in [0, 0.1) is 18.7 Å². The Morgan fingerprint density at radius 3 is 2.68 bits per heavy atom. The normalized spacial score (nSPS) is 16.2. The summed E-state index contributed by atoms with van der Waals surface area (Å²) in [5.74, 6) is -0.378. The van der Waals surface area contributed by atoms with Crippen molar-refractivity contribution in [1.82, 2.24) is 34.7 Å². The summed E-state index contributed by atoms with van der Waals surface area (Å²) in [6.45, 7) is 6.34. The van der Waals surface area contributed by atoms with Crippen LogP contribution in [0.15, 0.2) is 35.1 Å². The van der Waals surface area contributed by atoms with Crippen molar-refractivity contribution in [2.75, 3.05) is 13.2 Å². The molecule has 0 amide bonds. The van der Waals surface area contributed by atoms with E-state index in [0.29, 0.717) is 41.2 Å². The van der Waals surface area contributed by atoms with Crippen LogP contribution in [0.25, 0.3) is 33.4 Å². The van der Waals surface area contributed by atoms with Gasteiger partial charge in [-0.05, 0) is 57.7 Å². The van der Waals surface area contributed by atoms with Crippen LogP contribution in [0.2, 0.25) is 0 Å². The molecule has 6 heterocycles. The Hall–Kier alpha value is -3.70. The molecule has 0 aromatic carbocycles. The maximum atomic E-state index is 15.4. The number of ether oxygens (including phenoxy) is 1. The molecule has 1 saturated heterocycles. The van der Waals surface area contributed by atoms with E-state index in [1.54, 1.807) is 37.0 Å². The van der Waals surface area contributed by atoms with Crippen molar-refractivity contribution in [2.45, 2.75) is 45.3 Å². The molecular formula is C26H28FN7O3. The first-order valence-corrected chi connectivity index (χ1v) is 12.3. The van der Waals surface area contributed by atoms with Crippen LogP contribution in [-0.4, -0.2) is 53.0 Å². The first-order valence-electron chi connectivity index (χ1n) is 12.3. The zero-order valence-corrected chi connectivity index (χ0v) is 21.1. The molecule has 37 heavy (non-hydrogen) atoms. The maximum Gasteiger partial charge on any atom is 0.211 e. The lowest BCUT2D eigenvalue weighted by Gasteiger charge is -2.32. The Bertz CT molecular complexity index is 1590. The number of aromatic nitrogens is 7. The summed E-state index contributed by atoms with van der Waals surface area (Å²) in [6, 6.07) is 4.50. The Morgan fingerprint density at radius 2 is 2.00 bits per heavy atom. The van der Waals surface area contributed by atoms with Crippen molar-refractivity contribution in [1.29, 1.82) is 0 Å². The third-order valence-corrected chi connectivity index (χ3v) is 7.16. The molecule has 10 nitrogen and oxygen atoms in total. The van der Waals surface area contributed by atoms with Crippen LogP contribution in [0.3, 0.4) is 0 Å². The van der Waals surface area contributed by atoms with Crippen molar-refractivity contribution < 1.29 is 18.8 Å². The fourth-order valence-electron chi connectivity index (χ4n) is 5.48. The number of hydrogen-bond acceptors (Lipinski definition) is 8. The Labute approximate surface area is 212 Å². The van der Waals surface area contributed by atoms with Crippen molar-refractivity contribution in [2.24, 2.45) is 13.0 Å². The molecule has 5 aromatic heterocycles. The van der Waals surface area contributed by atoms with Crippen LogP contribution in [0.1, 0.15) is 49.8 Å². The van der Waals surface area contributed by atoms with Gasteiger partial charge in [0.25, 0.3) is 0 Å². The first-order chi connectivity index (χ1) is 17.8. The van der Waals surface area contributed by atoms with Crippen molar-refractivity contribution in [3.8, 4) is 11.3 Å². The SMILES string of the molecule is Cc1nnn(C)c1-c1cnc2c3onc(C(C)(C)O)c3n(C(c3ncccc3F)C3CCOCC3)c2c1. The number of rotatable bonds is 5. The third kappa shape index (κ3) is 3.80. The second kappa shape index (κ2) is 8.70. The Kier molecular flexibility index (Phi) is 5.57. The molecule has 0 spiro atoms. The minimum Gasteiger partial charge on any atom is -0.384 e. The maximum absolute atomic E-state index is 15.4. The largest absolute Gasteiger partial charge is 0.384 e. The standard InChI is InChI=1S/C26H28FN7O3/c1-14-21(33(4)32-30-14)16-12-18-20(29-13-16)24-23(25(31-37-24)26(2,3)35)34(18)22(15-7-10-36-11-8-15)19-17(27)6-5-9-28-19/h5-6,9,12-13,15,22,35H,7-8,10-11H2,1-4H3. The average Bonchev–Trinajstić information content (AvgIpc) is 3.54. The van der Waals surface area contributed by atoms with Crippen LogP contribution in [0.4, 0.5) is 4.39 Å². The second-order valence-corrected chi connectivity index (χ2v) is 10.1. The molecule has 0 saturated carbocycles. The monoisotopic (exact) mass is 505 g/mol. The van der Waals surface area contributed by atoms with E-state index in [9.17, 15) is 5.11 Å². The van der Waals surface area contributed by atoms with Gasteiger partial charge in [0.2, 0.25) is 5.58 Å². The van der Waals surface area contributed by atoms with Crippen molar-refractivity contribution in [3.05, 3.63) is 53.5 Å². The summed E-state index contributed by atoms with van der Waals surface area (Å²) in [5, 5.41) is 23.6. The third-order valence-electron chi connectivity index (χ3n) is 7.16. The summed E-state index contributed by atoms with van der Waals surface area (Å²) in [7, 11) is 1.83. The van der Waals surface area contributed by atoms with Crippen molar-refractivity contribution >= 4 is 22.1 Å². The zero-order valence-electron chi connectivity index (χ0n) is 21.1. The second-order valence-electron chi connectivity index (χ2n) is 10.1. The molecule has 192 valence electrons. The molecule has 1 aliphatic heterocycles. The first kappa shape index (κ1) is 23.7. The predicted molar refractivity (Wildman–Crippen MR) is 133 cm³/mol. The quantitative estimate of drug-likeness (QED) is 0.380. The lowest BCUT2D eigenvalue weighted by molar-refractivity contribution is 0.0537. The summed E-state index contributed by atoms with van der Waals surface area (Å²) in [6.07, 6.45) is 4.80. The van der Waals surface area contributed by atoms with Gasteiger partial charge in [-0.1, -0.05) is 10.4 Å². The summed E-state index contributed by atoms with van der Waals surface area (Å²) in [4.78, 5) is 9.27. The van der Waals surface area contributed by atoms with Crippen LogP contribution < -0.4 is 0 Å². The minimum atomic E-state index is -1.31. The minimum absolute atomic E-state index is 0.0188. The Morgan fingerprint density at radius 1 is 1.22 bits per heavy atom. The molecule has 1 fully saturated rings. The molecule has 6 rings (SSSR count). The Balaban J connectivity index is 1.72. The number of fused-ring (bicyclic) bond motifs is 3. The van der Waals surface area contributed by atoms with Gasteiger partial charge in [-0.15, -0.1) is 5.10 Å². The van der Waals surface area contributed by atoms with E-state index in [1.165, 1.54) is 6.07 Å². The van der Waals surface area contributed by atoms with Gasteiger partial charge in [-0.2, -0.15) is 0 Å². The van der Waals surface area contributed by atoms with Gasteiger partial charge in [0.15, 0.2) is 0 Å². The summed E-state index contributed by atoms with van der Waals surface area (Å²) < 4.78 is 30.6. The topological polar surface area (TPSA) is 117 Å². The number of halogens is 1. The highest BCUT2D eigenvalue weighted by Gasteiger charge is 2.37. The van der Waals surface area contributed by atoms with E-state index in [-0.39, 0.29) is 5.92 Å². The molecule has 0 bridgehead atoms. The van der Waals surface area contributed by atoms with Crippen molar-refractivity contribution in [3.63, 3.8) is 0 Å². The molecule has 11 heteroatoms. The molecule has 1 N–H and O–H groups in total. The predicted octanol–water partition coefficient (Wildman–Crippen LogP) is 4.06. The molecule has 1 unspecified atom stereocenters. The highest BCUT2D eigenvalue weighted by Crippen LogP contribution is 2.43. The van der Waals surface area contributed by atoms with Gasteiger partial charge in [0.1, 0.15) is 28.1 Å². The fourth-order valence-corrected chi connectivity index (χ4v) is 5.48. The number of nitrogens with zero attached hydrogens (tertiary/aromatic N) is 7. The van der Waals surface area contributed by atoms with Crippen LogP contribution in [-0.2, 0) is 17.4 Å². The smallest absolute Gasteiger partial charge is 0.211 e. The van der Waals surface area contributed by atoms with E-state index in [2.05, 4.69) is 20.5 Å². The van der Waals surface area contributed by atoms with E-state index in [0.717, 1.165) is 35.3 Å². The summed E-state index contributed by atoms with van der Waals surface area (Å²) in [5.41, 5.74) is 4.07. The van der Waals surface area contributed by atoms with Gasteiger partial charge in [0, 0.05) is 38.2 Å². The average molecular weight is 506 g/mol. The van der Waals surface area contributed by atoms with Gasteiger partial charge in [-0.25, -0.2) is 14.1 Å². The lowest BCUT2D eigenvalue weighted by Crippen LogP contribution is -2.29. The molecule has 0 radical (unpaired) electrons. The zero-order chi connectivity index (χ0) is 25.9. The molecule has 0 aliphatic carbocycles. The number of aliphatic hydroxyl groups is 1. The van der Waals surface area contributed by atoms with E-state index < -0.39 is 17.5 Å². The van der Waals surface area contributed by atoms with E-state index in [4.69, 9.17) is 14.2 Å². The van der Waals surface area contributed by atoms with Gasteiger partial charge in [-0.3, -0.25) is 4.98 Å². The van der Waals surface area contributed by atoms with Gasteiger partial charge < -0.3 is 18.9 Å². The van der Waals surface area contributed by atoms with Gasteiger partial charge in [0.05, 0.1) is 28.6 Å². The molecule has 1 aliphatic rings. The van der Waals surface area contributed by atoms with E-state index in [1.807, 2.05) is 24.6 Å².